The van der Waals surface area contributed by atoms with E-state index >= 15 is 0 Å². The molecule has 1 aliphatic rings. The second kappa shape index (κ2) is 10.9. The molecule has 1 unspecified atom stereocenters. The van der Waals surface area contributed by atoms with E-state index in [1.807, 2.05) is 0 Å². The number of hydrogen-bond acceptors (Lipinski definition) is 8. The van der Waals surface area contributed by atoms with Crippen molar-refractivity contribution in [1.82, 2.24) is 4.98 Å². The third-order valence-corrected chi connectivity index (χ3v) is 7.02. The van der Waals surface area contributed by atoms with Crippen molar-refractivity contribution in [2.75, 3.05) is 18.6 Å². The largest absolute Gasteiger partial charge is 0.507 e. The summed E-state index contributed by atoms with van der Waals surface area (Å²) in [5.41, 5.74) is 0.835. The van der Waals surface area contributed by atoms with Crippen LogP contribution in [0.3, 0.4) is 0 Å². The van der Waals surface area contributed by atoms with E-state index in [1.54, 1.807) is 31.2 Å². The Morgan fingerprint density at radius 1 is 1.14 bits per heavy atom. The molecule has 1 aliphatic heterocycles. The van der Waals surface area contributed by atoms with Crippen molar-refractivity contribution in [3.05, 3.63) is 81.6 Å². The van der Waals surface area contributed by atoms with Gasteiger partial charge in [-0.3, -0.25) is 14.5 Å². The number of aryl methyl sites for hydroxylation is 1. The molecular formula is C27H25FN2O6S. The van der Waals surface area contributed by atoms with Gasteiger partial charge in [0.1, 0.15) is 22.2 Å². The molecule has 1 fully saturated rings. The number of ketones is 1. The summed E-state index contributed by atoms with van der Waals surface area (Å²) in [6, 6.07) is 10.7. The Labute approximate surface area is 217 Å². The lowest BCUT2D eigenvalue weighted by Crippen LogP contribution is -2.29. The fraction of sp³-hybridized carbons (Fsp3) is 0.259. The normalized spacial score (nSPS) is 16.8. The van der Waals surface area contributed by atoms with Crippen molar-refractivity contribution < 1.29 is 33.4 Å². The smallest absolute Gasteiger partial charge is 0.350 e. The lowest BCUT2D eigenvalue weighted by atomic mass is 9.95. The molecule has 8 nitrogen and oxygen atoms in total. The highest BCUT2D eigenvalue weighted by atomic mass is 32.1. The van der Waals surface area contributed by atoms with Gasteiger partial charge >= 0.3 is 11.9 Å². The number of methoxy groups -OCH3 is 1. The van der Waals surface area contributed by atoms with Gasteiger partial charge in [0, 0.05) is 5.56 Å². The number of anilines is 1. The zero-order valence-corrected chi connectivity index (χ0v) is 21.3. The molecule has 10 heteroatoms. The quantitative estimate of drug-likeness (QED) is 0.142. The van der Waals surface area contributed by atoms with Crippen molar-refractivity contribution in [1.29, 1.82) is 0 Å². The van der Waals surface area contributed by atoms with Crippen LogP contribution in [0.1, 0.15) is 52.3 Å². The molecule has 1 atom stereocenters. The third kappa shape index (κ3) is 5.10. The number of nitrogens with zero attached hydrogens (tertiary/aromatic N) is 2. The second-order valence-electron chi connectivity index (χ2n) is 8.35. The molecule has 1 N–H and O–H groups in total. The number of benzene rings is 2. The van der Waals surface area contributed by atoms with E-state index in [0.29, 0.717) is 29.2 Å². The molecule has 37 heavy (non-hydrogen) atoms. The van der Waals surface area contributed by atoms with Crippen LogP contribution >= 0.6 is 11.3 Å². The minimum absolute atomic E-state index is 0.0769. The van der Waals surface area contributed by atoms with Gasteiger partial charge in [-0.25, -0.2) is 14.2 Å². The van der Waals surface area contributed by atoms with Gasteiger partial charge in [-0.2, -0.15) is 0 Å². The van der Waals surface area contributed by atoms with Crippen LogP contribution in [0.15, 0.2) is 54.1 Å². The van der Waals surface area contributed by atoms with E-state index in [0.717, 1.165) is 29.1 Å². The molecule has 0 bridgehead atoms. The van der Waals surface area contributed by atoms with Crippen molar-refractivity contribution >= 4 is 39.9 Å². The number of unbranched alkanes of at least 4 members (excludes halogenated alkanes) is 1. The van der Waals surface area contributed by atoms with Crippen molar-refractivity contribution in [2.24, 2.45) is 0 Å². The van der Waals surface area contributed by atoms with Gasteiger partial charge in [0.2, 0.25) is 0 Å². The number of aromatic nitrogens is 1. The number of carbonyl (C=O) groups is 3. The summed E-state index contributed by atoms with van der Waals surface area (Å²) in [5.74, 6) is -2.77. The summed E-state index contributed by atoms with van der Waals surface area (Å²) in [4.78, 5) is 44.3. The minimum Gasteiger partial charge on any atom is -0.507 e. The molecule has 0 spiro atoms. The maximum Gasteiger partial charge on any atom is 0.350 e. The molecule has 1 aromatic heterocycles. The SMILES string of the molecule is CCCCOc1ccc(/C(O)=C2\C(=O)C(=O)N(c3nc(C)c(C(=O)OC)s3)C2c2ccc(F)cc2)cc1. The first kappa shape index (κ1) is 26.0. The number of aliphatic hydroxyl groups excluding tert-OH is 1. The molecular weight excluding hydrogens is 499 g/mol. The van der Waals surface area contributed by atoms with Crippen LogP contribution in [0.4, 0.5) is 9.52 Å². The van der Waals surface area contributed by atoms with Gasteiger partial charge in [-0.1, -0.05) is 36.8 Å². The number of thiazole rings is 1. The van der Waals surface area contributed by atoms with Crippen molar-refractivity contribution in [3.8, 4) is 5.75 Å². The van der Waals surface area contributed by atoms with E-state index in [9.17, 15) is 23.9 Å². The number of esters is 1. The molecule has 1 amide bonds. The highest BCUT2D eigenvalue weighted by Crippen LogP contribution is 2.44. The lowest BCUT2D eigenvalue weighted by Gasteiger charge is -2.23. The average Bonchev–Trinajstić information content (AvgIpc) is 3.40. The van der Waals surface area contributed by atoms with Gasteiger partial charge in [0.05, 0.1) is 31.0 Å². The zero-order chi connectivity index (χ0) is 26.7. The van der Waals surface area contributed by atoms with Crippen LogP contribution in [-0.2, 0) is 14.3 Å². The van der Waals surface area contributed by atoms with E-state index < -0.39 is 35.3 Å². The Kier molecular flexibility index (Phi) is 7.68. The fourth-order valence-corrected chi connectivity index (χ4v) is 4.97. The number of aliphatic hydroxyl groups is 1. The zero-order valence-electron chi connectivity index (χ0n) is 20.5. The Bertz CT molecular complexity index is 1360. The van der Waals surface area contributed by atoms with E-state index in [1.165, 1.54) is 31.4 Å². The number of carbonyl (C=O) groups excluding carboxylic acids is 3. The number of hydrogen-bond donors (Lipinski definition) is 1. The molecule has 4 rings (SSSR count). The van der Waals surface area contributed by atoms with Crippen LogP contribution in [-0.4, -0.2) is 41.5 Å². The maximum atomic E-state index is 13.7. The number of ether oxygens (including phenoxy) is 2. The molecule has 0 saturated carbocycles. The van der Waals surface area contributed by atoms with Crippen LogP contribution in [0, 0.1) is 12.7 Å². The standard InChI is InChI=1S/C27H25FN2O6S/c1-4-5-14-36-19-12-8-17(9-13-19)22(31)20-21(16-6-10-18(28)11-7-16)30(25(33)23(20)32)27-29-15(2)24(37-27)26(34)35-3/h6-13,21,31H,4-5,14H2,1-3H3/b22-20+. The Morgan fingerprint density at radius 2 is 1.81 bits per heavy atom. The summed E-state index contributed by atoms with van der Waals surface area (Å²) < 4.78 is 24.2. The lowest BCUT2D eigenvalue weighted by molar-refractivity contribution is -0.132. The van der Waals surface area contributed by atoms with Gasteiger partial charge in [0.15, 0.2) is 5.13 Å². The van der Waals surface area contributed by atoms with Crippen LogP contribution in [0.5, 0.6) is 5.75 Å². The Hall–Kier alpha value is -4.05. The second-order valence-corrected chi connectivity index (χ2v) is 9.33. The fourth-order valence-electron chi connectivity index (χ4n) is 3.96. The summed E-state index contributed by atoms with van der Waals surface area (Å²) >= 11 is 0.890. The molecule has 0 radical (unpaired) electrons. The van der Waals surface area contributed by atoms with E-state index in [-0.39, 0.29) is 15.6 Å². The van der Waals surface area contributed by atoms with Gasteiger partial charge in [-0.15, -0.1) is 0 Å². The molecule has 0 aliphatic carbocycles. The predicted octanol–water partition coefficient (Wildman–Crippen LogP) is 5.18. The molecule has 3 aromatic rings. The van der Waals surface area contributed by atoms with Gasteiger partial charge < -0.3 is 14.6 Å². The number of Topliss-reactive ketones (excluding diaryl/α,β-unsaturated/α-hetero) is 1. The van der Waals surface area contributed by atoms with Crippen molar-refractivity contribution in [3.63, 3.8) is 0 Å². The van der Waals surface area contributed by atoms with Crippen LogP contribution in [0.25, 0.3) is 5.76 Å². The molecule has 2 aromatic carbocycles. The topological polar surface area (TPSA) is 106 Å². The third-order valence-electron chi connectivity index (χ3n) is 5.89. The molecule has 2 heterocycles. The summed E-state index contributed by atoms with van der Waals surface area (Å²) in [6.45, 7) is 4.19. The number of rotatable bonds is 8. The van der Waals surface area contributed by atoms with Gasteiger partial charge in [0.25, 0.3) is 5.78 Å². The molecule has 1 saturated heterocycles. The summed E-state index contributed by atoms with van der Waals surface area (Å²) in [7, 11) is 1.23. The monoisotopic (exact) mass is 524 g/mol. The predicted molar refractivity (Wildman–Crippen MR) is 136 cm³/mol. The minimum atomic E-state index is -1.10. The number of amides is 1. The van der Waals surface area contributed by atoms with E-state index in [2.05, 4.69) is 11.9 Å². The highest BCUT2D eigenvalue weighted by Gasteiger charge is 2.48. The Morgan fingerprint density at radius 3 is 2.43 bits per heavy atom. The first-order valence-electron chi connectivity index (χ1n) is 11.6. The van der Waals surface area contributed by atoms with Crippen LogP contribution in [0.2, 0.25) is 0 Å². The maximum absolute atomic E-state index is 13.7. The highest BCUT2D eigenvalue weighted by molar-refractivity contribution is 7.17. The number of halogens is 1. The first-order chi connectivity index (χ1) is 17.8. The average molecular weight is 525 g/mol. The summed E-state index contributed by atoms with van der Waals surface area (Å²) in [5, 5.41) is 11.3. The summed E-state index contributed by atoms with van der Waals surface area (Å²) in [6.07, 6.45) is 1.89. The van der Waals surface area contributed by atoms with E-state index in [4.69, 9.17) is 9.47 Å². The first-order valence-corrected chi connectivity index (χ1v) is 12.4. The van der Waals surface area contributed by atoms with Crippen molar-refractivity contribution in [2.45, 2.75) is 32.7 Å². The Balaban J connectivity index is 1.81. The van der Waals surface area contributed by atoms with Gasteiger partial charge in [-0.05, 0) is 55.3 Å². The molecule has 192 valence electrons. The van der Waals surface area contributed by atoms with Crippen LogP contribution < -0.4 is 9.64 Å².